The van der Waals surface area contributed by atoms with Gasteiger partial charge >= 0.3 is 47.1 Å². The van der Waals surface area contributed by atoms with Crippen LogP contribution in [-0.2, 0) is 100 Å². The molecule has 20 aromatic rings. The van der Waals surface area contributed by atoms with Gasteiger partial charge in [-0.2, -0.15) is 0 Å². The van der Waals surface area contributed by atoms with Crippen molar-refractivity contribution in [1.82, 2.24) is 133 Å². The Morgan fingerprint density at radius 1 is 0.350 bits per heavy atom. The third-order valence-electron chi connectivity index (χ3n) is 21.8. The van der Waals surface area contributed by atoms with Gasteiger partial charge < -0.3 is 47.2 Å². The lowest BCUT2D eigenvalue weighted by molar-refractivity contribution is 0.0527. The van der Waals surface area contributed by atoms with E-state index >= 15 is 0 Å². The van der Waals surface area contributed by atoms with Crippen LogP contribution in [-0.4, -0.2) is 180 Å². The van der Waals surface area contributed by atoms with Crippen molar-refractivity contribution in [2.75, 3.05) is 0 Å². The summed E-state index contributed by atoms with van der Waals surface area (Å²) in [7, 11) is 13.1. The molecule has 0 amide bonds. The molecule has 0 fully saturated rings. The monoisotopic (exact) mass is 2140 g/mol. The van der Waals surface area contributed by atoms with Crippen LogP contribution in [0.5, 0.6) is 0 Å². The number of ether oxygens (including phenoxy) is 4. The van der Waals surface area contributed by atoms with Gasteiger partial charge in [0.15, 0.2) is 55.9 Å². The number of aryl methyl sites for hydroxylation is 10. The van der Waals surface area contributed by atoms with Crippen molar-refractivity contribution in [2.45, 2.75) is 144 Å². The molecule has 47 heteroatoms. The molecule has 0 saturated heterocycles. The summed E-state index contributed by atoms with van der Waals surface area (Å²) in [6.45, 7) is 25.4. The number of aromatic amines is 3. The fourth-order valence-corrected chi connectivity index (χ4v) is 17.6. The minimum atomic E-state index is -0.743. The summed E-state index contributed by atoms with van der Waals surface area (Å²) in [6, 6.07) is 30.0. The van der Waals surface area contributed by atoms with E-state index in [0.29, 0.717) is 93.7 Å². The van der Waals surface area contributed by atoms with E-state index in [1.165, 1.54) is 71.8 Å². The number of fused-ring (bicyclic) bond motifs is 10. The Morgan fingerprint density at radius 3 is 1.12 bits per heavy atom. The zero-order chi connectivity index (χ0) is 104. The molecule has 44 nitrogen and oxygen atoms in total. The van der Waals surface area contributed by atoms with Crippen LogP contribution in [0.4, 0.5) is 19.2 Å². The standard InChI is InChI=1S/C20H21BrN6O4.C20H22N6O4.C15H14N6O2.C13H14Br2N2O2.C13H16N2O2.C8H8N2.C7H8N4O2/c1-20(2,3)31-19(30)27-12(13(21)11-7-6-8-22-15(11)27)9-26-17(28)14-16(23-10-24(14)4)25(5)18(26)29;1-20(2,3)30-19(29)26-13(9-12-7-6-8-21-15(12)26)10-25-17(27)14-16(22-11-23(14)4)24(5)18(25)28;1-19-8-17-13-11(19)14(22)21(15(23)20(13)2)7-10-6-9-4-3-5-16-12(9)18-10;1-13(2,3)19-12(18)17-9(7-14)10(15)8-5-4-6-16-11(8)17;1-9-8-10-6-5-7-14-11(10)15(9)12(16)17-13(2,3)4;1-6-5-7-3-2-4-9-8(7)10-6;1-10-3-8-5-4(10)6(12)9-7(13)11(5)2/h6-8,10H,9H2,1-5H3;6-9,11H,10H2,1-5H3;3-6,8H,7H2,1-2H3,(H,16,18);4-6H,7H2,1-3H3;5-8H,1-4H3;2-5H,1H3,(H,9,10);3H,1-2H3,(H,9,12,13). The molecule has 0 bridgehead atoms. The maximum Gasteiger partial charge on any atom is 0.420 e. The van der Waals surface area contributed by atoms with Crippen molar-refractivity contribution >= 4 is 183 Å². The first-order valence-corrected chi connectivity index (χ1v) is 47.0. The third-order valence-corrected chi connectivity index (χ3v) is 24.1. The fourth-order valence-electron chi connectivity index (χ4n) is 15.5. The first-order valence-electron chi connectivity index (χ1n) is 44.3. The summed E-state index contributed by atoms with van der Waals surface area (Å²) in [4.78, 5) is 200. The molecule has 143 heavy (non-hydrogen) atoms. The predicted molar refractivity (Wildman–Crippen MR) is 550 cm³/mol. The Labute approximate surface area is 835 Å². The Morgan fingerprint density at radius 2 is 0.692 bits per heavy atom. The summed E-state index contributed by atoms with van der Waals surface area (Å²) in [5.41, 5.74) is 4.63. The first-order chi connectivity index (χ1) is 67.3. The number of aromatic nitrogens is 28. The molecule has 0 unspecified atom stereocenters. The van der Waals surface area contributed by atoms with E-state index in [2.05, 4.69) is 119 Å². The van der Waals surface area contributed by atoms with E-state index in [1.54, 1.807) is 184 Å². The Hall–Kier alpha value is -15.9. The summed E-state index contributed by atoms with van der Waals surface area (Å²) in [5, 5.41) is 5.84. The highest BCUT2D eigenvalue weighted by atomic mass is 79.9. The Balaban J connectivity index is 0.000000136. The largest absolute Gasteiger partial charge is 0.443 e. The molecule has 20 aromatic heterocycles. The van der Waals surface area contributed by atoms with Crippen LogP contribution in [0.3, 0.4) is 0 Å². The second-order valence-corrected chi connectivity index (χ2v) is 39.3. The van der Waals surface area contributed by atoms with Crippen molar-refractivity contribution in [3.05, 3.63) is 286 Å². The van der Waals surface area contributed by atoms with Gasteiger partial charge in [-0.15, -0.1) is 0 Å². The topological polar surface area (TPSA) is 492 Å². The number of alkyl halides is 1. The summed E-state index contributed by atoms with van der Waals surface area (Å²) < 4.78 is 43.9. The molecule has 3 N–H and O–H groups in total. The van der Waals surface area contributed by atoms with Gasteiger partial charge in [0, 0.05) is 153 Å². The molecule has 20 heterocycles. The lowest BCUT2D eigenvalue weighted by Gasteiger charge is -2.21. The maximum atomic E-state index is 13.2. The lowest BCUT2D eigenvalue weighted by atomic mass is 10.2. The normalized spacial score (nSPS) is 11.7. The minimum Gasteiger partial charge on any atom is -0.443 e. The third kappa shape index (κ3) is 21.5. The molecule has 20 rings (SSSR count). The van der Waals surface area contributed by atoms with E-state index in [4.69, 9.17) is 18.9 Å². The Bertz CT molecular complexity index is 8860. The van der Waals surface area contributed by atoms with Crippen LogP contribution >= 0.6 is 47.8 Å². The molecule has 0 saturated carbocycles. The predicted octanol–water partition coefficient (Wildman–Crippen LogP) is 12.8. The number of nitrogens with one attached hydrogen (secondary N) is 3. The minimum absolute atomic E-state index is 0.123. The van der Waals surface area contributed by atoms with Crippen molar-refractivity contribution in [2.24, 2.45) is 56.4 Å². The van der Waals surface area contributed by atoms with Crippen molar-refractivity contribution in [3.63, 3.8) is 0 Å². The van der Waals surface area contributed by atoms with Gasteiger partial charge in [0.1, 0.15) is 45.0 Å². The first kappa shape index (κ1) is 103. The average molecular weight is 2140 g/mol. The molecule has 0 radical (unpaired) electrons. The van der Waals surface area contributed by atoms with Crippen molar-refractivity contribution in [3.8, 4) is 0 Å². The number of pyridine rings is 6. The van der Waals surface area contributed by atoms with E-state index in [1.807, 2.05) is 116 Å². The van der Waals surface area contributed by atoms with E-state index in [9.17, 15) is 57.5 Å². The maximum absolute atomic E-state index is 13.2. The molecule has 744 valence electrons. The number of imidazole rings is 4. The molecule has 0 aromatic carbocycles. The van der Waals surface area contributed by atoms with Crippen LogP contribution < -0.4 is 45.0 Å². The van der Waals surface area contributed by atoms with E-state index < -0.39 is 80.1 Å². The molecule has 0 aliphatic heterocycles. The lowest BCUT2D eigenvalue weighted by Crippen LogP contribution is -2.40. The van der Waals surface area contributed by atoms with Crippen molar-refractivity contribution in [1.29, 1.82) is 0 Å². The fraction of sp³-hybridized carbons (Fsp3) is 0.312. The van der Waals surface area contributed by atoms with Gasteiger partial charge in [0.25, 0.3) is 22.2 Å². The van der Waals surface area contributed by atoms with Gasteiger partial charge in [-0.25, -0.2) is 106 Å². The van der Waals surface area contributed by atoms with Crippen LogP contribution in [0.2, 0.25) is 0 Å². The Kier molecular flexibility index (Phi) is 29.3. The van der Waals surface area contributed by atoms with Crippen molar-refractivity contribution < 1.29 is 38.1 Å². The van der Waals surface area contributed by atoms with E-state index in [-0.39, 0.29) is 36.8 Å². The zero-order valence-corrected chi connectivity index (χ0v) is 86.9. The smallest absolute Gasteiger partial charge is 0.420 e. The average Bonchev–Trinajstić information content (AvgIpc) is 1.22. The van der Waals surface area contributed by atoms with E-state index in [0.717, 1.165) is 63.8 Å². The number of rotatable bonds is 7. The quantitative estimate of drug-likeness (QED) is 0.0985. The molecular weight excluding hydrogens is 2040 g/mol. The molecule has 0 atom stereocenters. The highest BCUT2D eigenvalue weighted by Gasteiger charge is 2.32. The number of halogens is 3. The number of carbonyl (C=O) groups excluding carboxylic acids is 4. The highest BCUT2D eigenvalue weighted by Crippen LogP contribution is 2.34. The van der Waals surface area contributed by atoms with Gasteiger partial charge in [-0.3, -0.25) is 56.1 Å². The molecule has 0 spiro atoms. The number of hydrogen-bond donors (Lipinski definition) is 3. The second kappa shape index (κ2) is 40.7. The second-order valence-electron chi connectivity index (χ2n) is 37.2. The number of nitrogens with zero attached hydrogens (tertiary/aromatic N) is 25. The number of hydrogen-bond acceptors (Lipinski definition) is 26. The van der Waals surface area contributed by atoms with Crippen LogP contribution in [0, 0.1) is 13.8 Å². The number of carbonyl (C=O) groups is 4. The molecule has 0 aliphatic carbocycles. The summed E-state index contributed by atoms with van der Waals surface area (Å²) >= 11 is 10.4. The van der Waals surface area contributed by atoms with Crippen LogP contribution in [0.1, 0.15) is 117 Å². The van der Waals surface area contributed by atoms with Gasteiger partial charge in [0.05, 0.1) is 66.5 Å². The van der Waals surface area contributed by atoms with Gasteiger partial charge in [0.2, 0.25) is 0 Å². The summed E-state index contributed by atoms with van der Waals surface area (Å²) in [5.74, 6) is 0. The molecule has 0 aliphatic rings. The summed E-state index contributed by atoms with van der Waals surface area (Å²) in [6.07, 6.45) is 13.9. The SMILES string of the molecule is CC(C)(C)OC(=O)n1c(CBr)c(Br)c2cccnc21.Cc1cc2cccnc2[nH]1.Cc1cc2cccnc2n1C(=O)OC(C)(C)C.Cn1cnc2c1c(=O)[nH]c(=O)n2C.Cn1cnc2c1c(=O)n(Cc1c(Br)c3cccnc3n1C(=O)OC(C)(C)C)c(=O)n2C.Cn1cnc2c1c(=O)n(Cc1cc3cccnc3[nH]1)c(=O)n2C.Cn1cnc2c1c(=O)n(Cc1cc3cccnc3n1C(=O)OC(C)(C)C)c(=O)n2C. The highest BCUT2D eigenvalue weighted by molar-refractivity contribution is 9.11. The van der Waals surface area contributed by atoms with Gasteiger partial charge in [-0.05, 0) is 226 Å². The zero-order valence-electron chi connectivity index (χ0n) is 82.2. The van der Waals surface area contributed by atoms with Crippen LogP contribution in [0.15, 0.2) is 207 Å². The van der Waals surface area contributed by atoms with Gasteiger partial charge in [-0.1, -0.05) is 15.9 Å². The molecular formula is C96H103Br3N28O16. The number of H-pyrrole nitrogens is 3. The van der Waals surface area contributed by atoms with Crippen LogP contribution in [0.25, 0.3) is 111 Å².